The molecule has 1 saturated heterocycles. The SMILES string of the molecule is CN(C(=O)OC(C)(C)C)C1CCN(c2nc(On3nnc4ccccc43)ncc2C(N)=O)CC1. The highest BCUT2D eigenvalue weighted by Crippen LogP contribution is 2.26. The smallest absolute Gasteiger partial charge is 0.410 e. The molecule has 0 saturated carbocycles. The van der Waals surface area contributed by atoms with Crippen LogP contribution in [0, 0.1) is 0 Å². The maximum absolute atomic E-state index is 12.4. The van der Waals surface area contributed by atoms with Crippen molar-refractivity contribution in [1.29, 1.82) is 0 Å². The van der Waals surface area contributed by atoms with Crippen LogP contribution < -0.4 is 15.5 Å². The fourth-order valence-electron chi connectivity index (χ4n) is 3.76. The molecule has 4 rings (SSSR count). The Morgan fingerprint density at radius 2 is 1.88 bits per heavy atom. The van der Waals surface area contributed by atoms with Crippen LogP contribution in [0.4, 0.5) is 10.6 Å². The van der Waals surface area contributed by atoms with Crippen LogP contribution in [0.1, 0.15) is 44.0 Å². The van der Waals surface area contributed by atoms with Crippen LogP contribution in [0.2, 0.25) is 0 Å². The average Bonchev–Trinajstić information content (AvgIpc) is 3.20. The Kier molecular flexibility index (Phi) is 6.22. The number of piperidine rings is 1. The quantitative estimate of drug-likeness (QED) is 0.595. The predicted molar refractivity (Wildman–Crippen MR) is 123 cm³/mol. The molecule has 180 valence electrons. The summed E-state index contributed by atoms with van der Waals surface area (Å²) in [5.41, 5.74) is 6.51. The Bertz CT molecular complexity index is 1200. The minimum atomic E-state index is -0.638. The van der Waals surface area contributed by atoms with Gasteiger partial charge in [0.25, 0.3) is 5.91 Å². The zero-order chi connectivity index (χ0) is 24.5. The molecule has 1 aromatic carbocycles. The summed E-state index contributed by atoms with van der Waals surface area (Å²) in [4.78, 5) is 43.5. The number of aromatic nitrogens is 5. The first-order valence-corrected chi connectivity index (χ1v) is 11.0. The van der Waals surface area contributed by atoms with Gasteiger partial charge >= 0.3 is 12.1 Å². The van der Waals surface area contributed by atoms with E-state index < -0.39 is 11.5 Å². The number of nitrogens with zero attached hydrogens (tertiary/aromatic N) is 7. The maximum atomic E-state index is 12.4. The van der Waals surface area contributed by atoms with Gasteiger partial charge in [0.1, 0.15) is 28.0 Å². The van der Waals surface area contributed by atoms with Gasteiger partial charge in [-0.05, 0) is 51.0 Å². The molecule has 0 radical (unpaired) electrons. The van der Waals surface area contributed by atoms with Crippen molar-refractivity contribution in [3.8, 4) is 6.01 Å². The van der Waals surface area contributed by atoms with E-state index in [0.717, 1.165) is 0 Å². The molecule has 2 amide bonds. The summed E-state index contributed by atoms with van der Waals surface area (Å²) in [6.45, 7) is 6.62. The molecule has 12 heteroatoms. The van der Waals surface area contributed by atoms with Crippen LogP contribution in [0.5, 0.6) is 6.01 Å². The number of rotatable bonds is 5. The van der Waals surface area contributed by atoms with Crippen LogP contribution >= 0.6 is 0 Å². The van der Waals surface area contributed by atoms with E-state index in [4.69, 9.17) is 15.3 Å². The largest absolute Gasteiger partial charge is 0.444 e. The third kappa shape index (κ3) is 5.00. The van der Waals surface area contributed by atoms with E-state index in [1.807, 2.05) is 43.9 Å². The van der Waals surface area contributed by atoms with Crippen molar-refractivity contribution in [2.24, 2.45) is 5.73 Å². The van der Waals surface area contributed by atoms with Gasteiger partial charge in [0.2, 0.25) is 0 Å². The first kappa shape index (κ1) is 23.2. The third-order valence-corrected chi connectivity index (χ3v) is 5.49. The standard InChI is InChI=1S/C22H28N8O4/c1-22(2,3)33-21(32)28(4)14-9-11-29(12-10-14)19-15(18(23)31)13-24-20(25-19)34-30-17-8-6-5-7-16(17)26-27-30/h5-8,13-14H,9-12H2,1-4H3,(H2,23,31). The van der Waals surface area contributed by atoms with E-state index in [1.54, 1.807) is 18.0 Å². The number of para-hydroxylation sites is 1. The van der Waals surface area contributed by atoms with Crippen molar-refractivity contribution in [1.82, 2.24) is 30.0 Å². The van der Waals surface area contributed by atoms with E-state index in [0.29, 0.717) is 42.8 Å². The molecule has 0 atom stereocenters. The van der Waals surface area contributed by atoms with Crippen LogP contribution in [0.3, 0.4) is 0 Å². The fraction of sp³-hybridized carbons (Fsp3) is 0.455. The van der Waals surface area contributed by atoms with Crippen molar-refractivity contribution in [3.05, 3.63) is 36.0 Å². The van der Waals surface area contributed by atoms with Gasteiger partial charge in [-0.3, -0.25) is 4.79 Å². The van der Waals surface area contributed by atoms with Crippen LogP contribution in [0.15, 0.2) is 30.5 Å². The average molecular weight is 469 g/mol. The predicted octanol–water partition coefficient (Wildman–Crippen LogP) is 2.00. The summed E-state index contributed by atoms with van der Waals surface area (Å²) in [5.74, 6) is -0.263. The molecule has 1 aliphatic rings. The van der Waals surface area contributed by atoms with E-state index in [9.17, 15) is 9.59 Å². The summed E-state index contributed by atoms with van der Waals surface area (Å²) in [7, 11) is 1.74. The molecule has 0 bridgehead atoms. The van der Waals surface area contributed by atoms with E-state index >= 15 is 0 Å². The fourth-order valence-corrected chi connectivity index (χ4v) is 3.76. The molecule has 3 aromatic rings. The summed E-state index contributed by atoms with van der Waals surface area (Å²) in [5, 5.41) is 8.01. The highest BCUT2D eigenvalue weighted by Gasteiger charge is 2.30. The number of amides is 2. The van der Waals surface area contributed by atoms with Crippen molar-refractivity contribution in [3.63, 3.8) is 0 Å². The van der Waals surface area contributed by atoms with Gasteiger partial charge in [-0.15, -0.1) is 5.10 Å². The Hall–Kier alpha value is -3.96. The first-order chi connectivity index (χ1) is 16.1. The molecule has 1 aliphatic heterocycles. The van der Waals surface area contributed by atoms with Crippen LogP contribution in [-0.4, -0.2) is 73.8 Å². The van der Waals surface area contributed by atoms with E-state index in [-0.39, 0.29) is 23.7 Å². The second-order valence-electron chi connectivity index (χ2n) is 9.11. The summed E-state index contributed by atoms with van der Waals surface area (Å²) >= 11 is 0. The number of anilines is 1. The van der Waals surface area contributed by atoms with Gasteiger partial charge in [-0.25, -0.2) is 9.78 Å². The number of ether oxygens (including phenoxy) is 1. The molecule has 2 aromatic heterocycles. The Labute approximate surface area is 196 Å². The van der Waals surface area contributed by atoms with Crippen molar-refractivity contribution in [2.75, 3.05) is 25.0 Å². The molecule has 34 heavy (non-hydrogen) atoms. The maximum Gasteiger partial charge on any atom is 0.410 e. The van der Waals surface area contributed by atoms with Crippen LogP contribution in [-0.2, 0) is 4.74 Å². The number of fused-ring (bicyclic) bond motifs is 1. The number of primary amides is 1. The molecule has 1 fully saturated rings. The topological polar surface area (TPSA) is 142 Å². The lowest BCUT2D eigenvalue weighted by Crippen LogP contribution is -2.47. The summed E-state index contributed by atoms with van der Waals surface area (Å²) in [6, 6.07) is 7.31. The van der Waals surface area contributed by atoms with Gasteiger partial charge in [0.05, 0.1) is 0 Å². The number of carbonyl (C=O) groups excluding carboxylic acids is 2. The van der Waals surface area contributed by atoms with Crippen molar-refractivity contribution < 1.29 is 19.2 Å². The lowest BCUT2D eigenvalue weighted by molar-refractivity contribution is 0.0201. The molecular weight excluding hydrogens is 440 g/mol. The minimum Gasteiger partial charge on any atom is -0.444 e. The van der Waals surface area contributed by atoms with Gasteiger partial charge in [0.15, 0.2) is 0 Å². The Morgan fingerprint density at radius 3 is 2.56 bits per heavy atom. The van der Waals surface area contributed by atoms with Crippen LogP contribution in [0.25, 0.3) is 11.0 Å². The highest BCUT2D eigenvalue weighted by molar-refractivity contribution is 5.97. The normalized spacial score (nSPS) is 14.8. The first-order valence-electron chi connectivity index (χ1n) is 11.0. The van der Waals surface area contributed by atoms with Gasteiger partial charge < -0.3 is 25.1 Å². The van der Waals surface area contributed by atoms with Gasteiger partial charge in [0, 0.05) is 32.4 Å². The molecule has 0 unspecified atom stereocenters. The lowest BCUT2D eigenvalue weighted by Gasteiger charge is -2.38. The summed E-state index contributed by atoms with van der Waals surface area (Å²) < 4.78 is 5.47. The molecule has 0 aliphatic carbocycles. The number of benzene rings is 1. The number of hydrogen-bond donors (Lipinski definition) is 1. The van der Waals surface area contributed by atoms with E-state index in [2.05, 4.69) is 20.3 Å². The molecule has 2 N–H and O–H groups in total. The zero-order valence-corrected chi connectivity index (χ0v) is 19.6. The number of nitrogens with two attached hydrogens (primary N) is 1. The second kappa shape index (κ2) is 9.12. The molecular formula is C22H28N8O4. The lowest BCUT2D eigenvalue weighted by atomic mass is 10.0. The highest BCUT2D eigenvalue weighted by atomic mass is 16.7. The van der Waals surface area contributed by atoms with Gasteiger partial charge in [-0.1, -0.05) is 17.0 Å². The van der Waals surface area contributed by atoms with Crippen molar-refractivity contribution >= 4 is 28.9 Å². The molecule has 12 nitrogen and oxygen atoms in total. The Morgan fingerprint density at radius 1 is 1.18 bits per heavy atom. The zero-order valence-electron chi connectivity index (χ0n) is 19.6. The number of carbonyl (C=O) groups is 2. The van der Waals surface area contributed by atoms with Crippen molar-refractivity contribution in [2.45, 2.75) is 45.3 Å². The third-order valence-electron chi connectivity index (χ3n) is 5.49. The molecule has 3 heterocycles. The number of hydrogen-bond acceptors (Lipinski definition) is 9. The monoisotopic (exact) mass is 468 g/mol. The van der Waals surface area contributed by atoms with E-state index in [1.165, 1.54) is 11.0 Å². The van der Waals surface area contributed by atoms with Gasteiger partial charge in [-0.2, -0.15) is 4.98 Å². The Balaban J connectivity index is 1.50. The second-order valence-corrected chi connectivity index (χ2v) is 9.11. The minimum absolute atomic E-state index is 0.00204. The molecule has 0 spiro atoms. The summed E-state index contributed by atoms with van der Waals surface area (Å²) in [6.07, 6.45) is 2.32.